The van der Waals surface area contributed by atoms with Crippen LogP contribution >= 0.6 is 0 Å². The Bertz CT molecular complexity index is 767. The molecule has 1 amide bonds. The molecule has 1 aliphatic heterocycles. The van der Waals surface area contributed by atoms with E-state index in [1.165, 1.54) is 12.7 Å². The van der Waals surface area contributed by atoms with Crippen molar-refractivity contribution in [3.8, 4) is 11.5 Å². The predicted octanol–water partition coefficient (Wildman–Crippen LogP) is 3.37. The fourth-order valence-corrected chi connectivity index (χ4v) is 3.44. The lowest BCUT2D eigenvalue weighted by molar-refractivity contribution is -0.134. The number of hydrogen-bond donors (Lipinski definition) is 0. The summed E-state index contributed by atoms with van der Waals surface area (Å²) >= 11 is 0. The zero-order valence-electron chi connectivity index (χ0n) is 15.6. The van der Waals surface area contributed by atoms with Crippen LogP contribution in [0.3, 0.4) is 0 Å². The van der Waals surface area contributed by atoms with E-state index in [9.17, 15) is 9.59 Å². The van der Waals surface area contributed by atoms with Crippen molar-refractivity contribution in [2.24, 2.45) is 5.92 Å². The van der Waals surface area contributed by atoms with E-state index in [1.54, 1.807) is 18.2 Å². The lowest BCUT2D eigenvalue weighted by Gasteiger charge is -2.32. The number of nitrogens with zero attached hydrogens (tertiary/aromatic N) is 1. The van der Waals surface area contributed by atoms with Gasteiger partial charge >= 0.3 is 0 Å². The van der Waals surface area contributed by atoms with Crippen LogP contribution in [0.4, 0.5) is 0 Å². The molecule has 0 bridgehead atoms. The second-order valence-electron chi connectivity index (χ2n) is 6.83. The number of amides is 1. The molecule has 0 aliphatic carbocycles. The topological polar surface area (TPSA) is 55.8 Å². The van der Waals surface area contributed by atoms with E-state index in [0.29, 0.717) is 23.0 Å². The number of hydrogen-bond acceptors (Lipinski definition) is 4. The summed E-state index contributed by atoms with van der Waals surface area (Å²) in [7, 11) is 1.51. The van der Waals surface area contributed by atoms with Crippen molar-refractivity contribution < 1.29 is 19.1 Å². The molecular weight excluding hydrogens is 342 g/mol. The van der Waals surface area contributed by atoms with Gasteiger partial charge in [-0.15, -0.1) is 0 Å². The molecular formula is C22H25NO4. The number of ether oxygens (including phenoxy) is 2. The Morgan fingerprint density at radius 2 is 1.85 bits per heavy atom. The molecule has 142 valence electrons. The molecule has 2 aromatic rings. The lowest BCUT2D eigenvalue weighted by atomic mass is 9.90. The van der Waals surface area contributed by atoms with Gasteiger partial charge in [-0.2, -0.15) is 0 Å². The Labute approximate surface area is 159 Å². The maximum Gasteiger partial charge on any atom is 0.260 e. The molecule has 2 aromatic carbocycles. The quantitative estimate of drug-likeness (QED) is 0.704. The van der Waals surface area contributed by atoms with Crippen LogP contribution in [0.15, 0.2) is 48.5 Å². The van der Waals surface area contributed by atoms with Crippen molar-refractivity contribution >= 4 is 12.2 Å². The van der Waals surface area contributed by atoms with Crippen molar-refractivity contribution in [3.63, 3.8) is 0 Å². The van der Waals surface area contributed by atoms with Crippen molar-refractivity contribution in [1.29, 1.82) is 0 Å². The average molecular weight is 367 g/mol. The molecule has 3 rings (SSSR count). The number of methoxy groups -OCH3 is 1. The minimum absolute atomic E-state index is 0.0188. The van der Waals surface area contributed by atoms with Gasteiger partial charge in [-0.1, -0.05) is 30.3 Å². The first-order valence-electron chi connectivity index (χ1n) is 9.27. The van der Waals surface area contributed by atoms with Gasteiger partial charge in [0.1, 0.15) is 6.29 Å². The summed E-state index contributed by atoms with van der Waals surface area (Å²) in [4.78, 5) is 25.2. The summed E-state index contributed by atoms with van der Waals surface area (Å²) in [6.07, 6.45) is 3.84. The monoisotopic (exact) mass is 367 g/mol. The molecule has 1 heterocycles. The predicted molar refractivity (Wildman–Crippen MR) is 103 cm³/mol. The summed E-state index contributed by atoms with van der Waals surface area (Å²) in [6, 6.07) is 15.4. The van der Waals surface area contributed by atoms with E-state index in [-0.39, 0.29) is 12.5 Å². The smallest absolute Gasteiger partial charge is 0.260 e. The van der Waals surface area contributed by atoms with E-state index in [0.717, 1.165) is 38.6 Å². The zero-order valence-corrected chi connectivity index (χ0v) is 15.6. The number of likely N-dealkylation sites (tertiary alicyclic amines) is 1. The van der Waals surface area contributed by atoms with Gasteiger partial charge < -0.3 is 14.4 Å². The number of piperidine rings is 1. The highest BCUT2D eigenvalue weighted by Crippen LogP contribution is 2.28. The van der Waals surface area contributed by atoms with Crippen LogP contribution in [0, 0.1) is 5.92 Å². The molecule has 0 atom stereocenters. The van der Waals surface area contributed by atoms with Gasteiger partial charge in [-0.05, 0) is 48.9 Å². The normalized spacial score (nSPS) is 14.6. The molecule has 5 nitrogen and oxygen atoms in total. The highest BCUT2D eigenvalue weighted by atomic mass is 16.5. The first kappa shape index (κ1) is 19.0. The van der Waals surface area contributed by atoms with Crippen LogP contribution in [0.25, 0.3) is 0 Å². The van der Waals surface area contributed by atoms with Gasteiger partial charge in [0.2, 0.25) is 0 Å². The Hall–Kier alpha value is -2.82. The van der Waals surface area contributed by atoms with Gasteiger partial charge in [-0.25, -0.2) is 0 Å². The Balaban J connectivity index is 1.48. The van der Waals surface area contributed by atoms with E-state index < -0.39 is 0 Å². The SMILES string of the molecule is COc1cc(C=O)ccc1OCC(=O)N1CCC(Cc2ccccc2)CC1. The second kappa shape index (κ2) is 9.21. The molecule has 1 aliphatic rings. The summed E-state index contributed by atoms with van der Waals surface area (Å²) < 4.78 is 10.9. The first-order chi connectivity index (χ1) is 13.2. The Kier molecular flexibility index (Phi) is 6.47. The van der Waals surface area contributed by atoms with Crippen molar-refractivity contribution in [2.45, 2.75) is 19.3 Å². The maximum atomic E-state index is 12.5. The molecule has 0 saturated carbocycles. The Morgan fingerprint density at radius 1 is 1.11 bits per heavy atom. The van der Waals surface area contributed by atoms with Crippen LogP contribution in [-0.2, 0) is 11.2 Å². The van der Waals surface area contributed by atoms with Gasteiger partial charge in [-0.3, -0.25) is 9.59 Å². The third-order valence-corrected chi connectivity index (χ3v) is 5.01. The number of carbonyl (C=O) groups excluding carboxylic acids is 2. The average Bonchev–Trinajstić information content (AvgIpc) is 2.73. The molecule has 0 aromatic heterocycles. The number of rotatable bonds is 7. The van der Waals surface area contributed by atoms with Crippen molar-refractivity contribution in [1.82, 2.24) is 4.90 Å². The summed E-state index contributed by atoms with van der Waals surface area (Å²) in [5.74, 6) is 1.52. The minimum atomic E-state index is -0.0276. The van der Waals surface area contributed by atoms with Gasteiger partial charge in [0.25, 0.3) is 5.91 Å². The Morgan fingerprint density at radius 3 is 2.52 bits per heavy atom. The second-order valence-corrected chi connectivity index (χ2v) is 6.83. The molecule has 0 spiro atoms. The maximum absolute atomic E-state index is 12.5. The summed E-state index contributed by atoms with van der Waals surface area (Å²) in [6.45, 7) is 1.50. The zero-order chi connectivity index (χ0) is 19.1. The number of aldehydes is 1. The largest absolute Gasteiger partial charge is 0.493 e. The third-order valence-electron chi connectivity index (χ3n) is 5.01. The van der Waals surface area contributed by atoms with Crippen LogP contribution < -0.4 is 9.47 Å². The molecule has 0 radical (unpaired) electrons. The molecule has 1 fully saturated rings. The van der Waals surface area contributed by atoms with Crippen LogP contribution in [0.5, 0.6) is 11.5 Å². The molecule has 5 heteroatoms. The fraction of sp³-hybridized carbons (Fsp3) is 0.364. The van der Waals surface area contributed by atoms with E-state index >= 15 is 0 Å². The highest BCUT2D eigenvalue weighted by Gasteiger charge is 2.23. The highest BCUT2D eigenvalue weighted by molar-refractivity contribution is 5.78. The van der Waals surface area contributed by atoms with E-state index in [4.69, 9.17) is 9.47 Å². The summed E-state index contributed by atoms with van der Waals surface area (Å²) in [5.41, 5.74) is 1.86. The molecule has 1 saturated heterocycles. The standard InChI is InChI=1S/C22H25NO4/c1-26-21-14-19(15-24)7-8-20(21)27-16-22(25)23-11-9-18(10-12-23)13-17-5-3-2-4-6-17/h2-8,14-15,18H,9-13,16H2,1H3. The van der Waals surface area contributed by atoms with Gasteiger partial charge in [0.05, 0.1) is 7.11 Å². The van der Waals surface area contributed by atoms with E-state index in [2.05, 4.69) is 24.3 Å². The van der Waals surface area contributed by atoms with Crippen LogP contribution in [0.2, 0.25) is 0 Å². The van der Waals surface area contributed by atoms with Crippen LogP contribution in [-0.4, -0.2) is 43.9 Å². The lowest BCUT2D eigenvalue weighted by Crippen LogP contribution is -2.41. The molecule has 0 unspecified atom stereocenters. The van der Waals surface area contributed by atoms with Gasteiger partial charge in [0, 0.05) is 18.7 Å². The first-order valence-corrected chi connectivity index (χ1v) is 9.27. The number of benzene rings is 2. The van der Waals surface area contributed by atoms with E-state index in [1.807, 2.05) is 11.0 Å². The third kappa shape index (κ3) is 5.09. The van der Waals surface area contributed by atoms with Crippen LogP contribution in [0.1, 0.15) is 28.8 Å². The van der Waals surface area contributed by atoms with Crippen molar-refractivity contribution in [2.75, 3.05) is 26.8 Å². The minimum Gasteiger partial charge on any atom is -0.493 e. The molecule has 0 N–H and O–H groups in total. The van der Waals surface area contributed by atoms with Crippen molar-refractivity contribution in [3.05, 3.63) is 59.7 Å². The number of carbonyl (C=O) groups is 2. The fourth-order valence-electron chi connectivity index (χ4n) is 3.44. The summed E-state index contributed by atoms with van der Waals surface area (Å²) in [5, 5.41) is 0. The molecule has 27 heavy (non-hydrogen) atoms. The van der Waals surface area contributed by atoms with Gasteiger partial charge in [0.15, 0.2) is 18.1 Å².